The number of ketones is 1. The van der Waals surface area contributed by atoms with E-state index in [1.165, 1.54) is 10.9 Å². The molecule has 26 heavy (non-hydrogen) atoms. The molecule has 1 N–H and O–H groups in total. The molecule has 0 unspecified atom stereocenters. The Hall–Kier alpha value is -2.39. The maximum absolute atomic E-state index is 12.5. The Balaban J connectivity index is 1.25. The van der Waals surface area contributed by atoms with Crippen LogP contribution in [0.4, 0.5) is 0 Å². The molecule has 3 nitrogen and oxygen atoms in total. The van der Waals surface area contributed by atoms with Gasteiger partial charge in [-0.3, -0.25) is 9.69 Å². The molecular weight excluding hydrogens is 320 g/mol. The molecule has 2 heterocycles. The van der Waals surface area contributed by atoms with Gasteiger partial charge in [0.25, 0.3) is 0 Å². The van der Waals surface area contributed by atoms with Crippen LogP contribution < -0.4 is 0 Å². The number of piperidine rings is 1. The number of carbonyl (C=O) groups excluding carboxylic acids is 1. The topological polar surface area (TPSA) is 36.1 Å². The number of H-pyrrole nitrogens is 1. The lowest BCUT2D eigenvalue weighted by Gasteiger charge is -2.31. The summed E-state index contributed by atoms with van der Waals surface area (Å²) in [5.41, 5.74) is 3.64. The summed E-state index contributed by atoms with van der Waals surface area (Å²) in [6.07, 6.45) is 5.50. The van der Waals surface area contributed by atoms with E-state index in [0.29, 0.717) is 18.1 Å². The van der Waals surface area contributed by atoms with E-state index in [-0.39, 0.29) is 0 Å². The highest BCUT2D eigenvalue weighted by molar-refractivity contribution is 5.84. The van der Waals surface area contributed by atoms with Crippen LogP contribution in [-0.4, -0.2) is 28.8 Å². The number of aromatic nitrogens is 1. The lowest BCUT2D eigenvalue weighted by Crippen LogP contribution is -2.34. The van der Waals surface area contributed by atoms with E-state index >= 15 is 0 Å². The van der Waals surface area contributed by atoms with Gasteiger partial charge >= 0.3 is 0 Å². The minimum atomic E-state index is 0.376. The van der Waals surface area contributed by atoms with Gasteiger partial charge in [-0.2, -0.15) is 0 Å². The molecule has 4 rings (SSSR count). The van der Waals surface area contributed by atoms with Crippen molar-refractivity contribution in [1.29, 1.82) is 0 Å². The molecule has 0 saturated carbocycles. The van der Waals surface area contributed by atoms with Gasteiger partial charge in [-0.25, -0.2) is 0 Å². The quantitative estimate of drug-likeness (QED) is 0.709. The van der Waals surface area contributed by atoms with Crippen molar-refractivity contribution in [3.8, 4) is 0 Å². The number of nitrogens with one attached hydrogen (secondary N) is 1. The summed E-state index contributed by atoms with van der Waals surface area (Å²) in [6.45, 7) is 3.22. The Labute approximate surface area is 155 Å². The SMILES string of the molecule is O=C(Cc1ccc2[nH]ccc2c1)CC1CCN(Cc2ccccc2)CC1. The lowest BCUT2D eigenvalue weighted by atomic mass is 9.90. The molecule has 1 aliphatic rings. The average molecular weight is 346 g/mol. The molecule has 2 aromatic carbocycles. The Bertz CT molecular complexity index is 860. The van der Waals surface area contributed by atoms with Crippen LogP contribution >= 0.6 is 0 Å². The normalized spacial score (nSPS) is 16.2. The number of hydrogen-bond acceptors (Lipinski definition) is 2. The van der Waals surface area contributed by atoms with Crippen LogP contribution in [0, 0.1) is 5.92 Å². The number of rotatable bonds is 6. The number of fused-ring (bicyclic) bond motifs is 1. The molecule has 0 bridgehead atoms. The number of likely N-dealkylation sites (tertiary alicyclic amines) is 1. The van der Waals surface area contributed by atoms with Crippen LogP contribution in [0.3, 0.4) is 0 Å². The molecule has 0 radical (unpaired) electrons. The van der Waals surface area contributed by atoms with Crippen LogP contribution in [0.5, 0.6) is 0 Å². The van der Waals surface area contributed by atoms with E-state index in [4.69, 9.17) is 0 Å². The van der Waals surface area contributed by atoms with E-state index in [1.54, 1.807) is 0 Å². The molecule has 1 aliphatic heterocycles. The Kier molecular flexibility index (Phi) is 5.16. The van der Waals surface area contributed by atoms with Crippen LogP contribution in [-0.2, 0) is 17.8 Å². The van der Waals surface area contributed by atoms with E-state index in [2.05, 4.69) is 64.5 Å². The minimum Gasteiger partial charge on any atom is -0.361 e. The fourth-order valence-corrected chi connectivity index (χ4v) is 4.02. The number of nitrogens with zero attached hydrogens (tertiary/aromatic N) is 1. The van der Waals surface area contributed by atoms with Crippen LogP contribution in [0.2, 0.25) is 0 Å². The third kappa shape index (κ3) is 4.23. The van der Waals surface area contributed by atoms with Crippen LogP contribution in [0.25, 0.3) is 10.9 Å². The molecule has 0 amide bonds. The zero-order valence-corrected chi connectivity index (χ0v) is 15.2. The molecule has 3 heteroatoms. The largest absolute Gasteiger partial charge is 0.361 e. The highest BCUT2D eigenvalue weighted by atomic mass is 16.1. The summed E-state index contributed by atoms with van der Waals surface area (Å²) in [7, 11) is 0. The summed E-state index contributed by atoms with van der Waals surface area (Å²) in [5, 5.41) is 1.18. The highest BCUT2D eigenvalue weighted by Crippen LogP contribution is 2.23. The predicted molar refractivity (Wildman–Crippen MR) is 106 cm³/mol. The fraction of sp³-hybridized carbons (Fsp3) is 0.348. The molecular formula is C23H26N2O. The third-order valence-corrected chi connectivity index (χ3v) is 5.49. The molecule has 0 aliphatic carbocycles. The van der Waals surface area contributed by atoms with E-state index in [1.807, 2.05) is 6.20 Å². The molecule has 3 aromatic rings. The average Bonchev–Trinajstić information content (AvgIpc) is 3.12. The summed E-state index contributed by atoms with van der Waals surface area (Å²) in [5.74, 6) is 0.923. The van der Waals surface area contributed by atoms with Gasteiger partial charge in [-0.15, -0.1) is 0 Å². The molecule has 0 atom stereocenters. The zero-order chi connectivity index (χ0) is 17.8. The van der Waals surface area contributed by atoms with Crippen molar-refractivity contribution in [2.75, 3.05) is 13.1 Å². The number of benzene rings is 2. The standard InChI is InChI=1S/C23H26N2O/c26-22(16-20-6-7-23-21(14-20)8-11-24-23)15-18-9-12-25(13-10-18)17-19-4-2-1-3-5-19/h1-8,11,14,18,24H,9-10,12-13,15-17H2. The molecule has 134 valence electrons. The monoisotopic (exact) mass is 346 g/mol. The molecule has 1 fully saturated rings. The fourth-order valence-electron chi connectivity index (χ4n) is 4.02. The number of hydrogen-bond donors (Lipinski definition) is 1. The van der Waals surface area contributed by atoms with Gasteiger partial charge in [-0.05, 0) is 66.6 Å². The maximum Gasteiger partial charge on any atom is 0.137 e. The van der Waals surface area contributed by atoms with Crippen molar-refractivity contribution in [1.82, 2.24) is 9.88 Å². The van der Waals surface area contributed by atoms with Gasteiger partial charge in [0.1, 0.15) is 5.78 Å². The van der Waals surface area contributed by atoms with Crippen LogP contribution in [0.15, 0.2) is 60.8 Å². The summed E-state index contributed by atoms with van der Waals surface area (Å²) >= 11 is 0. The Morgan fingerprint density at radius 3 is 2.62 bits per heavy atom. The molecule has 1 aromatic heterocycles. The van der Waals surface area contributed by atoms with Gasteiger partial charge in [0.15, 0.2) is 0 Å². The maximum atomic E-state index is 12.5. The van der Waals surface area contributed by atoms with Crippen molar-refractivity contribution in [3.63, 3.8) is 0 Å². The first-order chi connectivity index (χ1) is 12.8. The van der Waals surface area contributed by atoms with Gasteiger partial charge in [0.2, 0.25) is 0 Å². The van der Waals surface area contributed by atoms with E-state index in [9.17, 15) is 4.79 Å². The lowest BCUT2D eigenvalue weighted by molar-refractivity contribution is -0.119. The first-order valence-corrected chi connectivity index (χ1v) is 9.60. The van der Waals surface area contributed by atoms with Gasteiger partial charge < -0.3 is 4.98 Å². The van der Waals surface area contributed by atoms with E-state index in [0.717, 1.165) is 50.0 Å². The van der Waals surface area contributed by atoms with Crippen molar-refractivity contribution >= 4 is 16.7 Å². The zero-order valence-electron chi connectivity index (χ0n) is 15.2. The minimum absolute atomic E-state index is 0.376. The second kappa shape index (κ2) is 7.88. The Morgan fingerprint density at radius 1 is 1.00 bits per heavy atom. The second-order valence-corrected chi connectivity index (χ2v) is 7.52. The number of Topliss-reactive ketones (excluding diaryl/α,β-unsaturated/α-hetero) is 1. The van der Waals surface area contributed by atoms with Crippen LogP contribution in [0.1, 0.15) is 30.4 Å². The van der Waals surface area contributed by atoms with Crippen molar-refractivity contribution in [2.45, 2.75) is 32.2 Å². The van der Waals surface area contributed by atoms with Crippen molar-refractivity contribution in [3.05, 3.63) is 71.9 Å². The summed E-state index contributed by atoms with van der Waals surface area (Å²) in [6, 6.07) is 19.0. The summed E-state index contributed by atoms with van der Waals surface area (Å²) < 4.78 is 0. The van der Waals surface area contributed by atoms with Gasteiger partial charge in [0.05, 0.1) is 0 Å². The first-order valence-electron chi connectivity index (χ1n) is 9.60. The number of carbonyl (C=O) groups is 1. The van der Waals surface area contributed by atoms with Crippen molar-refractivity contribution < 1.29 is 4.79 Å². The molecule has 1 saturated heterocycles. The second-order valence-electron chi connectivity index (χ2n) is 7.52. The van der Waals surface area contributed by atoms with Gasteiger partial charge in [0, 0.05) is 31.1 Å². The van der Waals surface area contributed by atoms with Crippen molar-refractivity contribution in [2.24, 2.45) is 5.92 Å². The highest BCUT2D eigenvalue weighted by Gasteiger charge is 2.21. The first kappa shape index (κ1) is 17.0. The third-order valence-electron chi connectivity index (χ3n) is 5.49. The van der Waals surface area contributed by atoms with Gasteiger partial charge in [-0.1, -0.05) is 36.4 Å². The smallest absolute Gasteiger partial charge is 0.137 e. The Morgan fingerprint density at radius 2 is 1.81 bits per heavy atom. The summed E-state index contributed by atoms with van der Waals surface area (Å²) in [4.78, 5) is 18.2. The molecule has 0 spiro atoms. The number of aromatic amines is 1. The predicted octanol–water partition coefficient (Wildman–Crippen LogP) is 4.58. The van der Waals surface area contributed by atoms with E-state index < -0.39 is 0 Å².